The zero-order valence-corrected chi connectivity index (χ0v) is 11.8. The molecule has 100 valence electrons. The van der Waals surface area contributed by atoms with Crippen molar-refractivity contribution in [1.29, 1.82) is 0 Å². The van der Waals surface area contributed by atoms with Crippen molar-refractivity contribution in [2.45, 2.75) is 20.3 Å². The molecule has 5 heteroatoms. The molecule has 18 heavy (non-hydrogen) atoms. The van der Waals surface area contributed by atoms with Crippen molar-refractivity contribution in [3.8, 4) is 0 Å². The number of carbonyl (C=O) groups is 1. The van der Waals surface area contributed by atoms with Crippen molar-refractivity contribution < 1.29 is 9.53 Å². The molecular formula is C13H19ClN2O2. The number of methoxy groups -OCH3 is 1. The van der Waals surface area contributed by atoms with Crippen LogP contribution in [0.5, 0.6) is 0 Å². The summed E-state index contributed by atoms with van der Waals surface area (Å²) in [5.74, 6) is -0.134. The number of ether oxygens (including phenoxy) is 1. The number of hydrogen-bond donors (Lipinski definition) is 1. The highest BCUT2D eigenvalue weighted by Crippen LogP contribution is 2.19. The average molecular weight is 271 g/mol. The Labute approximate surface area is 113 Å². The molecule has 0 aliphatic carbocycles. The Morgan fingerprint density at radius 1 is 1.56 bits per heavy atom. The van der Waals surface area contributed by atoms with Crippen molar-refractivity contribution in [1.82, 2.24) is 10.3 Å². The predicted octanol–water partition coefficient (Wildman–Crippen LogP) is 2.53. The fraction of sp³-hybridized carbons (Fsp3) is 0.538. The fourth-order valence-electron chi connectivity index (χ4n) is 1.43. The first-order valence-electron chi connectivity index (χ1n) is 5.83. The largest absolute Gasteiger partial charge is 0.385 e. The molecule has 0 unspecified atom stereocenters. The number of carbonyl (C=O) groups excluding carboxylic acids is 1. The second-order valence-corrected chi connectivity index (χ2v) is 5.34. The summed E-state index contributed by atoms with van der Waals surface area (Å²) >= 11 is 5.74. The Balaban J connectivity index is 2.50. The van der Waals surface area contributed by atoms with Gasteiger partial charge in [0.2, 0.25) is 0 Å². The van der Waals surface area contributed by atoms with Crippen LogP contribution >= 0.6 is 11.6 Å². The molecule has 0 saturated carbocycles. The molecule has 1 rings (SSSR count). The van der Waals surface area contributed by atoms with Crippen LogP contribution in [-0.4, -0.2) is 31.2 Å². The van der Waals surface area contributed by atoms with Crippen LogP contribution in [0.4, 0.5) is 0 Å². The molecule has 1 aromatic heterocycles. The van der Waals surface area contributed by atoms with Gasteiger partial charge in [0.15, 0.2) is 0 Å². The van der Waals surface area contributed by atoms with Crippen LogP contribution in [0.2, 0.25) is 5.15 Å². The third-order valence-corrected chi connectivity index (χ3v) is 2.91. The Morgan fingerprint density at radius 3 is 2.89 bits per heavy atom. The molecule has 0 atom stereocenters. The molecule has 0 aromatic carbocycles. The molecule has 1 amide bonds. The molecule has 0 fully saturated rings. The van der Waals surface area contributed by atoms with Crippen molar-refractivity contribution in [3.05, 3.63) is 29.0 Å². The summed E-state index contributed by atoms with van der Waals surface area (Å²) in [6.07, 6.45) is 2.41. The highest BCUT2D eigenvalue weighted by Gasteiger charge is 2.19. The lowest BCUT2D eigenvalue weighted by Gasteiger charge is -2.24. The maximum atomic E-state index is 11.9. The SMILES string of the molecule is COCCC(C)(C)CNC(=O)c1ccnc(Cl)c1. The number of amides is 1. The normalized spacial score (nSPS) is 11.3. The Morgan fingerprint density at radius 2 is 2.28 bits per heavy atom. The minimum absolute atomic E-state index is 0.00248. The number of rotatable bonds is 6. The van der Waals surface area contributed by atoms with Crippen LogP contribution in [0.1, 0.15) is 30.6 Å². The number of halogens is 1. The second-order valence-electron chi connectivity index (χ2n) is 4.96. The number of nitrogens with zero attached hydrogens (tertiary/aromatic N) is 1. The lowest BCUT2D eigenvalue weighted by atomic mass is 9.89. The number of pyridine rings is 1. The van der Waals surface area contributed by atoms with Crippen LogP contribution in [0.15, 0.2) is 18.3 Å². The van der Waals surface area contributed by atoms with Crippen molar-refractivity contribution in [3.63, 3.8) is 0 Å². The first-order valence-corrected chi connectivity index (χ1v) is 6.21. The quantitative estimate of drug-likeness (QED) is 0.808. The Kier molecular flexibility index (Phi) is 5.56. The summed E-state index contributed by atoms with van der Waals surface area (Å²) in [6.45, 7) is 5.46. The van der Waals surface area contributed by atoms with Gasteiger partial charge in [-0.3, -0.25) is 4.79 Å². The topological polar surface area (TPSA) is 51.2 Å². The molecule has 1 N–H and O–H groups in total. The molecular weight excluding hydrogens is 252 g/mol. The zero-order chi connectivity index (χ0) is 13.6. The van der Waals surface area contributed by atoms with E-state index in [0.717, 1.165) is 6.42 Å². The van der Waals surface area contributed by atoms with Gasteiger partial charge in [0.05, 0.1) is 0 Å². The lowest BCUT2D eigenvalue weighted by Crippen LogP contribution is -2.34. The fourth-order valence-corrected chi connectivity index (χ4v) is 1.61. The van der Waals surface area contributed by atoms with Gasteiger partial charge in [-0.1, -0.05) is 25.4 Å². The molecule has 0 aliphatic rings. The highest BCUT2D eigenvalue weighted by molar-refractivity contribution is 6.29. The molecule has 0 spiro atoms. The minimum atomic E-state index is -0.134. The maximum absolute atomic E-state index is 11.9. The van der Waals surface area contributed by atoms with Gasteiger partial charge >= 0.3 is 0 Å². The molecule has 0 aliphatic heterocycles. The zero-order valence-electron chi connectivity index (χ0n) is 11.0. The van der Waals surface area contributed by atoms with Crippen LogP contribution in [0.25, 0.3) is 0 Å². The molecule has 0 bridgehead atoms. The van der Waals surface area contributed by atoms with E-state index < -0.39 is 0 Å². The average Bonchev–Trinajstić information content (AvgIpc) is 2.34. The monoisotopic (exact) mass is 270 g/mol. The summed E-state index contributed by atoms with van der Waals surface area (Å²) in [7, 11) is 1.67. The first kappa shape index (κ1) is 14.9. The number of hydrogen-bond acceptors (Lipinski definition) is 3. The summed E-state index contributed by atoms with van der Waals surface area (Å²) < 4.78 is 5.05. The first-order chi connectivity index (χ1) is 8.44. The number of nitrogens with one attached hydrogen (secondary N) is 1. The molecule has 4 nitrogen and oxygen atoms in total. The number of aromatic nitrogens is 1. The summed E-state index contributed by atoms with van der Waals surface area (Å²) in [4.78, 5) is 15.7. The van der Waals surface area contributed by atoms with E-state index in [1.165, 1.54) is 6.20 Å². The van der Waals surface area contributed by atoms with Gasteiger partial charge in [0, 0.05) is 32.0 Å². The Hall–Kier alpha value is -1.13. The van der Waals surface area contributed by atoms with Gasteiger partial charge < -0.3 is 10.1 Å². The van der Waals surface area contributed by atoms with E-state index in [2.05, 4.69) is 24.1 Å². The van der Waals surface area contributed by atoms with Crippen molar-refractivity contribution in [2.75, 3.05) is 20.3 Å². The summed E-state index contributed by atoms with van der Waals surface area (Å²) in [5.41, 5.74) is 0.528. The van der Waals surface area contributed by atoms with Gasteiger partial charge in [-0.05, 0) is 24.0 Å². The van der Waals surface area contributed by atoms with Crippen LogP contribution in [0.3, 0.4) is 0 Å². The lowest BCUT2D eigenvalue weighted by molar-refractivity contribution is 0.0921. The van der Waals surface area contributed by atoms with E-state index in [4.69, 9.17) is 16.3 Å². The van der Waals surface area contributed by atoms with Crippen LogP contribution < -0.4 is 5.32 Å². The van der Waals surface area contributed by atoms with E-state index in [1.54, 1.807) is 19.2 Å². The second kappa shape index (κ2) is 6.71. The summed E-state index contributed by atoms with van der Waals surface area (Å²) in [6, 6.07) is 3.20. The van der Waals surface area contributed by atoms with Gasteiger partial charge in [-0.2, -0.15) is 0 Å². The van der Waals surface area contributed by atoms with Crippen LogP contribution in [0, 0.1) is 5.41 Å². The minimum Gasteiger partial charge on any atom is -0.385 e. The molecule has 1 heterocycles. The van der Waals surface area contributed by atoms with Gasteiger partial charge in [0.25, 0.3) is 5.91 Å². The highest BCUT2D eigenvalue weighted by atomic mass is 35.5. The van der Waals surface area contributed by atoms with Gasteiger partial charge in [-0.25, -0.2) is 4.98 Å². The third kappa shape index (κ3) is 5.02. The van der Waals surface area contributed by atoms with E-state index in [1.807, 2.05) is 0 Å². The van der Waals surface area contributed by atoms with E-state index in [0.29, 0.717) is 23.9 Å². The smallest absolute Gasteiger partial charge is 0.251 e. The van der Waals surface area contributed by atoms with E-state index in [-0.39, 0.29) is 11.3 Å². The van der Waals surface area contributed by atoms with E-state index >= 15 is 0 Å². The predicted molar refractivity (Wildman–Crippen MR) is 71.9 cm³/mol. The maximum Gasteiger partial charge on any atom is 0.251 e. The van der Waals surface area contributed by atoms with Crippen molar-refractivity contribution >= 4 is 17.5 Å². The standard InChI is InChI=1S/C13H19ClN2O2/c1-13(2,5-7-18-3)9-16-12(17)10-4-6-15-11(14)8-10/h4,6,8H,5,7,9H2,1-3H3,(H,16,17). The molecule has 0 saturated heterocycles. The van der Waals surface area contributed by atoms with Crippen LogP contribution in [-0.2, 0) is 4.74 Å². The molecule has 1 aromatic rings. The molecule has 0 radical (unpaired) electrons. The summed E-state index contributed by atoms with van der Waals surface area (Å²) in [5, 5.41) is 3.22. The van der Waals surface area contributed by atoms with E-state index in [9.17, 15) is 4.79 Å². The van der Waals surface area contributed by atoms with Gasteiger partial charge in [0.1, 0.15) is 5.15 Å². The van der Waals surface area contributed by atoms with Crippen molar-refractivity contribution in [2.24, 2.45) is 5.41 Å². The Bertz CT molecular complexity index is 408. The third-order valence-electron chi connectivity index (χ3n) is 2.70. The van der Waals surface area contributed by atoms with Gasteiger partial charge in [-0.15, -0.1) is 0 Å².